The van der Waals surface area contributed by atoms with Crippen molar-refractivity contribution in [3.05, 3.63) is 12.2 Å². The van der Waals surface area contributed by atoms with Crippen LogP contribution in [0, 0.1) is 0 Å². The summed E-state index contributed by atoms with van der Waals surface area (Å²) >= 11 is 0. The van der Waals surface area contributed by atoms with E-state index in [9.17, 15) is 19.4 Å². The van der Waals surface area contributed by atoms with Crippen LogP contribution in [0.4, 0.5) is 0 Å². The Kier molecular flexibility index (Phi) is 53.5. The lowest BCUT2D eigenvalue weighted by Crippen LogP contribution is -2.45. The van der Waals surface area contributed by atoms with Crippen molar-refractivity contribution in [1.29, 1.82) is 0 Å². The number of aliphatic hydroxyl groups is 1. The smallest absolute Gasteiger partial charge is 0.268 e. The van der Waals surface area contributed by atoms with Crippen LogP contribution < -0.4 is 10.2 Å². The summed E-state index contributed by atoms with van der Waals surface area (Å²) in [5.74, 6) is -0.189. The summed E-state index contributed by atoms with van der Waals surface area (Å²) in [6.07, 6.45) is 67.5. The molecular formula is C62H125N2O6P. The van der Waals surface area contributed by atoms with Crippen LogP contribution in [-0.4, -0.2) is 68.5 Å². The molecule has 0 heterocycles. The van der Waals surface area contributed by atoms with Gasteiger partial charge in [-0.25, -0.2) is 0 Å². The van der Waals surface area contributed by atoms with Crippen molar-refractivity contribution in [1.82, 2.24) is 5.32 Å². The molecule has 0 radical (unpaired) electrons. The predicted molar refractivity (Wildman–Crippen MR) is 307 cm³/mol. The second kappa shape index (κ2) is 54.0. The van der Waals surface area contributed by atoms with E-state index in [-0.39, 0.29) is 19.1 Å². The zero-order valence-corrected chi connectivity index (χ0v) is 49.4. The van der Waals surface area contributed by atoms with Gasteiger partial charge in [-0.1, -0.05) is 315 Å². The van der Waals surface area contributed by atoms with Crippen LogP contribution in [0.5, 0.6) is 0 Å². The van der Waals surface area contributed by atoms with E-state index in [0.29, 0.717) is 17.4 Å². The Morgan fingerprint density at radius 3 is 1.06 bits per heavy atom. The fourth-order valence-corrected chi connectivity index (χ4v) is 10.5. The van der Waals surface area contributed by atoms with Gasteiger partial charge in [0.2, 0.25) is 5.91 Å². The first-order chi connectivity index (χ1) is 34.5. The molecule has 0 saturated heterocycles. The third-order valence-electron chi connectivity index (χ3n) is 14.7. The van der Waals surface area contributed by atoms with Crippen LogP contribution in [-0.2, 0) is 18.4 Å². The number of carbonyl (C=O) groups is 1. The Morgan fingerprint density at radius 1 is 0.479 bits per heavy atom. The first-order valence-electron chi connectivity index (χ1n) is 31.6. The van der Waals surface area contributed by atoms with E-state index in [1.54, 1.807) is 6.08 Å². The summed E-state index contributed by atoms with van der Waals surface area (Å²) in [7, 11) is 1.28. The largest absolute Gasteiger partial charge is 0.756 e. The van der Waals surface area contributed by atoms with Gasteiger partial charge in [0.05, 0.1) is 39.9 Å². The summed E-state index contributed by atoms with van der Waals surface area (Å²) in [5.41, 5.74) is 0. The number of allylic oxidation sites excluding steroid dienone is 1. The van der Waals surface area contributed by atoms with E-state index in [4.69, 9.17) is 9.05 Å². The highest BCUT2D eigenvalue weighted by Crippen LogP contribution is 2.38. The molecule has 0 fully saturated rings. The van der Waals surface area contributed by atoms with Gasteiger partial charge < -0.3 is 28.8 Å². The van der Waals surface area contributed by atoms with Gasteiger partial charge in [0, 0.05) is 6.42 Å². The molecule has 0 bridgehead atoms. The minimum absolute atomic E-state index is 0.00266. The lowest BCUT2D eigenvalue weighted by molar-refractivity contribution is -0.870. The number of nitrogens with zero attached hydrogens (tertiary/aromatic N) is 1. The molecule has 424 valence electrons. The summed E-state index contributed by atoms with van der Waals surface area (Å²) in [5, 5.41) is 13.9. The number of phosphoric acid groups is 1. The molecule has 71 heavy (non-hydrogen) atoms. The predicted octanol–water partition coefficient (Wildman–Crippen LogP) is 18.8. The van der Waals surface area contributed by atoms with Crippen LogP contribution in [0.3, 0.4) is 0 Å². The number of likely N-dealkylation sites (N-methyl/N-ethyl adjacent to an activating group) is 1. The molecule has 0 aliphatic carbocycles. The highest BCUT2D eigenvalue weighted by molar-refractivity contribution is 7.45. The Morgan fingerprint density at radius 2 is 0.761 bits per heavy atom. The van der Waals surface area contributed by atoms with Gasteiger partial charge in [0.25, 0.3) is 7.82 Å². The average molecular weight is 1030 g/mol. The number of carbonyl (C=O) groups excluding carboxylic acids is 1. The van der Waals surface area contributed by atoms with E-state index >= 15 is 0 Å². The first-order valence-corrected chi connectivity index (χ1v) is 33.0. The van der Waals surface area contributed by atoms with Crippen LogP contribution >= 0.6 is 7.82 Å². The van der Waals surface area contributed by atoms with Crippen molar-refractivity contribution >= 4 is 13.7 Å². The molecule has 2 N–H and O–H groups in total. The van der Waals surface area contributed by atoms with Crippen molar-refractivity contribution in [3.63, 3.8) is 0 Å². The normalized spacial score (nSPS) is 13.8. The van der Waals surface area contributed by atoms with Crippen molar-refractivity contribution in [2.45, 2.75) is 341 Å². The molecule has 3 unspecified atom stereocenters. The number of phosphoric ester groups is 1. The third kappa shape index (κ3) is 56.8. The van der Waals surface area contributed by atoms with E-state index in [1.165, 1.54) is 270 Å². The van der Waals surface area contributed by atoms with Crippen LogP contribution in [0.2, 0.25) is 0 Å². The SMILES string of the molecule is CCCCCCCCCCCCCCCC/C=C/C(O)C(COP(=O)([O-])OCC[N+](C)(C)C)NC(=O)CCCCCCCCCCCCCCCCCCCCCCCCCCCCCCCCCCC. The lowest BCUT2D eigenvalue weighted by atomic mass is 10.0. The Labute approximate surface area is 443 Å². The van der Waals surface area contributed by atoms with Crippen LogP contribution in [0.15, 0.2) is 12.2 Å². The molecule has 0 aliphatic rings. The third-order valence-corrected chi connectivity index (χ3v) is 15.7. The molecule has 0 spiro atoms. The van der Waals surface area contributed by atoms with Gasteiger partial charge in [-0.15, -0.1) is 0 Å². The monoisotopic (exact) mass is 1020 g/mol. The quantitative estimate of drug-likeness (QED) is 0.0272. The fraction of sp³-hybridized carbons (Fsp3) is 0.952. The van der Waals surface area contributed by atoms with Crippen molar-refractivity contribution in [2.24, 2.45) is 0 Å². The van der Waals surface area contributed by atoms with E-state index in [1.807, 2.05) is 27.2 Å². The number of unbranched alkanes of at least 4 members (excludes halogenated alkanes) is 46. The van der Waals surface area contributed by atoms with Crippen LogP contribution in [0.1, 0.15) is 328 Å². The van der Waals surface area contributed by atoms with Gasteiger partial charge in [-0.2, -0.15) is 0 Å². The number of aliphatic hydroxyl groups excluding tert-OH is 1. The van der Waals surface area contributed by atoms with E-state index in [2.05, 4.69) is 19.2 Å². The molecule has 0 saturated carbocycles. The molecule has 0 aromatic heterocycles. The maximum atomic E-state index is 13.0. The summed E-state index contributed by atoms with van der Waals surface area (Å²) < 4.78 is 23.4. The number of amides is 1. The zero-order chi connectivity index (χ0) is 52.0. The minimum Gasteiger partial charge on any atom is -0.756 e. The molecule has 0 aromatic carbocycles. The molecule has 9 heteroatoms. The molecular weight excluding hydrogens is 900 g/mol. The maximum Gasteiger partial charge on any atom is 0.268 e. The molecule has 8 nitrogen and oxygen atoms in total. The van der Waals surface area contributed by atoms with E-state index in [0.717, 1.165) is 38.5 Å². The highest BCUT2D eigenvalue weighted by atomic mass is 31.2. The van der Waals surface area contributed by atoms with Gasteiger partial charge in [-0.05, 0) is 19.3 Å². The molecule has 0 aromatic rings. The van der Waals surface area contributed by atoms with Crippen molar-refractivity contribution in [3.8, 4) is 0 Å². The van der Waals surface area contributed by atoms with Gasteiger partial charge >= 0.3 is 0 Å². The number of hydrogen-bond donors (Lipinski definition) is 2. The van der Waals surface area contributed by atoms with Crippen molar-refractivity contribution < 1.29 is 32.9 Å². The second-order valence-electron chi connectivity index (χ2n) is 23.1. The standard InChI is InChI=1S/C62H125N2O6P/c1-6-8-10-12-14-16-18-20-22-24-25-26-27-28-29-30-31-32-33-34-35-36-37-38-39-40-42-44-46-48-50-52-54-56-62(66)63-60(59-70-71(67,68)69-58-57-64(3,4)5)61(65)55-53-51-49-47-45-43-41-23-21-19-17-15-13-11-9-7-2/h53,55,60-61,65H,6-52,54,56-59H2,1-5H3,(H-,63,66,67,68)/b55-53+. The molecule has 0 aliphatic heterocycles. The minimum atomic E-state index is -4.59. The topological polar surface area (TPSA) is 108 Å². The van der Waals surface area contributed by atoms with Gasteiger partial charge in [0.15, 0.2) is 0 Å². The Bertz CT molecular complexity index is 1160. The highest BCUT2D eigenvalue weighted by Gasteiger charge is 2.23. The molecule has 3 atom stereocenters. The second-order valence-corrected chi connectivity index (χ2v) is 24.5. The lowest BCUT2D eigenvalue weighted by Gasteiger charge is -2.29. The maximum absolute atomic E-state index is 13.0. The fourth-order valence-electron chi connectivity index (χ4n) is 9.81. The van der Waals surface area contributed by atoms with Gasteiger partial charge in [0.1, 0.15) is 13.2 Å². The number of nitrogens with one attached hydrogen (secondary N) is 1. The molecule has 0 rings (SSSR count). The number of quaternary nitrogens is 1. The summed E-state index contributed by atoms with van der Waals surface area (Å²) in [6, 6.07) is -0.882. The number of rotatable bonds is 59. The van der Waals surface area contributed by atoms with E-state index < -0.39 is 20.0 Å². The average Bonchev–Trinajstić information content (AvgIpc) is 3.33. The summed E-state index contributed by atoms with van der Waals surface area (Å²) in [4.78, 5) is 25.5. The number of hydrogen-bond acceptors (Lipinski definition) is 6. The summed E-state index contributed by atoms with van der Waals surface area (Å²) in [6.45, 7) is 4.70. The van der Waals surface area contributed by atoms with Crippen LogP contribution in [0.25, 0.3) is 0 Å². The van der Waals surface area contributed by atoms with Crippen molar-refractivity contribution in [2.75, 3.05) is 40.9 Å². The zero-order valence-electron chi connectivity index (χ0n) is 48.5. The Balaban J connectivity index is 3.97. The first kappa shape index (κ1) is 70.2. The van der Waals surface area contributed by atoms with Gasteiger partial charge in [-0.3, -0.25) is 9.36 Å². The molecule has 1 amide bonds. The Hall–Kier alpha value is -0.760.